The van der Waals surface area contributed by atoms with Crippen molar-refractivity contribution in [2.75, 3.05) is 57.9 Å². The summed E-state index contributed by atoms with van der Waals surface area (Å²) >= 11 is 0. The molecule has 1 aromatic carbocycles. The van der Waals surface area contributed by atoms with Crippen LogP contribution in [0.15, 0.2) is 24.3 Å². The van der Waals surface area contributed by atoms with E-state index in [9.17, 15) is 13.5 Å². The van der Waals surface area contributed by atoms with Gasteiger partial charge < -0.3 is 14.6 Å². The molecule has 0 aromatic heterocycles. The Kier molecular flexibility index (Phi) is 6.39. The third kappa shape index (κ3) is 5.09. The molecule has 2 heterocycles. The highest BCUT2D eigenvalue weighted by molar-refractivity contribution is 7.91. The average molecular weight is 384 g/mol. The molecule has 0 saturated carbocycles. The van der Waals surface area contributed by atoms with Crippen molar-refractivity contribution in [3.8, 4) is 11.5 Å². The maximum atomic E-state index is 11.6. The Balaban J connectivity index is 1.40. The number of hydrogen-bond acceptors (Lipinski definition) is 7. The van der Waals surface area contributed by atoms with E-state index < -0.39 is 15.9 Å². The Morgan fingerprint density at radius 2 is 1.88 bits per heavy atom. The SMILES string of the molecule is COc1ccccc1OCC(O)CN1CCN(C2CCS(=O)(=O)C2)CC1. The molecule has 7 nitrogen and oxygen atoms in total. The van der Waals surface area contributed by atoms with Crippen LogP contribution in [0.25, 0.3) is 0 Å². The van der Waals surface area contributed by atoms with Gasteiger partial charge in [-0.25, -0.2) is 8.42 Å². The van der Waals surface area contributed by atoms with Gasteiger partial charge in [0.2, 0.25) is 0 Å². The number of aliphatic hydroxyl groups is 1. The summed E-state index contributed by atoms with van der Waals surface area (Å²) < 4.78 is 34.2. The number of aliphatic hydroxyl groups excluding tert-OH is 1. The summed E-state index contributed by atoms with van der Waals surface area (Å²) in [6, 6.07) is 7.55. The fraction of sp³-hybridized carbons (Fsp3) is 0.667. The van der Waals surface area contributed by atoms with Gasteiger partial charge in [0.15, 0.2) is 21.3 Å². The van der Waals surface area contributed by atoms with E-state index in [1.165, 1.54) is 0 Å². The third-order valence-corrected chi connectivity index (χ3v) is 6.85. The molecule has 0 bridgehead atoms. The fourth-order valence-corrected chi connectivity index (χ4v) is 5.41. The molecule has 0 radical (unpaired) electrons. The van der Waals surface area contributed by atoms with E-state index >= 15 is 0 Å². The molecule has 0 spiro atoms. The first kappa shape index (κ1) is 19.4. The lowest BCUT2D eigenvalue weighted by Gasteiger charge is -2.38. The van der Waals surface area contributed by atoms with Gasteiger partial charge in [-0.15, -0.1) is 0 Å². The summed E-state index contributed by atoms with van der Waals surface area (Å²) in [7, 11) is -1.25. The maximum absolute atomic E-state index is 11.6. The molecule has 1 aromatic rings. The Morgan fingerprint density at radius 1 is 1.19 bits per heavy atom. The van der Waals surface area contributed by atoms with Gasteiger partial charge in [0.25, 0.3) is 0 Å². The lowest BCUT2D eigenvalue weighted by Crippen LogP contribution is -2.52. The molecule has 2 aliphatic rings. The molecule has 2 unspecified atom stereocenters. The first-order chi connectivity index (χ1) is 12.5. The summed E-state index contributed by atoms with van der Waals surface area (Å²) in [6.45, 7) is 4.12. The van der Waals surface area contributed by atoms with E-state index in [-0.39, 0.29) is 12.6 Å². The molecule has 3 rings (SSSR count). The highest BCUT2D eigenvalue weighted by atomic mass is 32.2. The highest BCUT2D eigenvalue weighted by Gasteiger charge is 2.33. The van der Waals surface area contributed by atoms with Gasteiger partial charge in [-0.3, -0.25) is 9.80 Å². The molecule has 2 aliphatic heterocycles. The van der Waals surface area contributed by atoms with Crippen molar-refractivity contribution < 1.29 is 23.0 Å². The number of β-amino-alcohol motifs (C(OH)–C–C–N with tert-alkyl or cyclic N) is 1. The van der Waals surface area contributed by atoms with E-state index in [0.29, 0.717) is 29.5 Å². The smallest absolute Gasteiger partial charge is 0.161 e. The number of benzene rings is 1. The van der Waals surface area contributed by atoms with E-state index in [4.69, 9.17) is 9.47 Å². The minimum atomic E-state index is -2.84. The molecule has 1 N–H and O–H groups in total. The van der Waals surface area contributed by atoms with Crippen LogP contribution < -0.4 is 9.47 Å². The summed E-state index contributed by atoms with van der Waals surface area (Å²) in [6.07, 6.45) is 0.163. The van der Waals surface area contributed by atoms with E-state index in [1.807, 2.05) is 24.3 Å². The molecule has 2 atom stereocenters. The van der Waals surface area contributed by atoms with Gasteiger partial charge >= 0.3 is 0 Å². The summed E-state index contributed by atoms with van der Waals surface area (Å²) in [5, 5.41) is 10.3. The molecule has 8 heteroatoms. The summed E-state index contributed by atoms with van der Waals surface area (Å²) in [5.41, 5.74) is 0. The topological polar surface area (TPSA) is 79.3 Å². The van der Waals surface area contributed by atoms with Gasteiger partial charge in [0.1, 0.15) is 12.7 Å². The van der Waals surface area contributed by atoms with Crippen molar-refractivity contribution in [2.24, 2.45) is 0 Å². The van der Waals surface area contributed by atoms with Crippen molar-refractivity contribution in [2.45, 2.75) is 18.6 Å². The summed E-state index contributed by atoms with van der Waals surface area (Å²) in [5.74, 6) is 1.89. The minimum absolute atomic E-state index is 0.168. The quantitative estimate of drug-likeness (QED) is 0.721. The number of ether oxygens (including phenoxy) is 2. The number of sulfone groups is 1. The van der Waals surface area contributed by atoms with Crippen molar-refractivity contribution in [1.29, 1.82) is 0 Å². The predicted molar refractivity (Wildman–Crippen MR) is 99.6 cm³/mol. The van der Waals surface area contributed by atoms with Crippen LogP contribution in [-0.4, -0.2) is 93.4 Å². The monoisotopic (exact) mass is 384 g/mol. The molecule has 0 aliphatic carbocycles. The van der Waals surface area contributed by atoms with Crippen LogP contribution in [0.1, 0.15) is 6.42 Å². The van der Waals surface area contributed by atoms with Crippen LogP contribution in [0.4, 0.5) is 0 Å². The largest absolute Gasteiger partial charge is 0.493 e. The van der Waals surface area contributed by atoms with Gasteiger partial charge in [0.05, 0.1) is 18.6 Å². The van der Waals surface area contributed by atoms with Crippen LogP contribution in [-0.2, 0) is 9.84 Å². The number of para-hydroxylation sites is 2. The van der Waals surface area contributed by atoms with E-state index in [1.54, 1.807) is 7.11 Å². The molecule has 146 valence electrons. The van der Waals surface area contributed by atoms with Crippen LogP contribution in [0, 0.1) is 0 Å². The van der Waals surface area contributed by atoms with Crippen molar-refractivity contribution in [1.82, 2.24) is 9.80 Å². The van der Waals surface area contributed by atoms with Crippen LogP contribution in [0.3, 0.4) is 0 Å². The summed E-state index contributed by atoms with van der Waals surface area (Å²) in [4.78, 5) is 4.48. The number of methoxy groups -OCH3 is 1. The second-order valence-electron chi connectivity index (χ2n) is 7.01. The van der Waals surface area contributed by atoms with Crippen LogP contribution >= 0.6 is 0 Å². The first-order valence-corrected chi connectivity index (χ1v) is 10.9. The minimum Gasteiger partial charge on any atom is -0.493 e. The third-order valence-electron chi connectivity index (χ3n) is 5.10. The first-order valence-electron chi connectivity index (χ1n) is 9.07. The predicted octanol–water partition coefficient (Wildman–Crippen LogP) is 0.240. The second-order valence-corrected chi connectivity index (χ2v) is 9.24. The Labute approximate surface area is 155 Å². The van der Waals surface area contributed by atoms with Crippen molar-refractivity contribution in [3.05, 3.63) is 24.3 Å². The molecular formula is C18H28N2O5S. The van der Waals surface area contributed by atoms with Crippen molar-refractivity contribution in [3.63, 3.8) is 0 Å². The second kappa shape index (κ2) is 8.56. The number of nitrogens with zero attached hydrogens (tertiary/aromatic N) is 2. The van der Waals surface area contributed by atoms with Gasteiger partial charge in [-0.2, -0.15) is 0 Å². The maximum Gasteiger partial charge on any atom is 0.161 e. The van der Waals surface area contributed by atoms with Crippen molar-refractivity contribution >= 4 is 9.84 Å². The highest BCUT2D eigenvalue weighted by Crippen LogP contribution is 2.26. The van der Waals surface area contributed by atoms with E-state index in [2.05, 4.69) is 9.80 Å². The molecule has 2 saturated heterocycles. The van der Waals surface area contributed by atoms with Gasteiger partial charge in [0, 0.05) is 38.8 Å². The zero-order valence-electron chi connectivity index (χ0n) is 15.2. The van der Waals surface area contributed by atoms with Gasteiger partial charge in [-0.1, -0.05) is 12.1 Å². The zero-order chi connectivity index (χ0) is 18.6. The lowest BCUT2D eigenvalue weighted by atomic mass is 10.2. The van der Waals surface area contributed by atoms with Crippen LogP contribution in [0.5, 0.6) is 11.5 Å². The molecule has 0 amide bonds. The molecular weight excluding hydrogens is 356 g/mol. The standard InChI is InChI=1S/C18H28N2O5S/c1-24-17-4-2-3-5-18(17)25-13-16(21)12-19-7-9-20(10-8-19)15-6-11-26(22,23)14-15/h2-5,15-16,21H,6-14H2,1H3. The van der Waals surface area contributed by atoms with Gasteiger partial charge in [-0.05, 0) is 18.6 Å². The normalized spacial score (nSPS) is 25.1. The Hall–Kier alpha value is -1.35. The average Bonchev–Trinajstić information content (AvgIpc) is 3.00. The molecule has 26 heavy (non-hydrogen) atoms. The Morgan fingerprint density at radius 3 is 2.50 bits per heavy atom. The fourth-order valence-electron chi connectivity index (χ4n) is 3.65. The zero-order valence-corrected chi connectivity index (χ0v) is 16.0. The Bertz CT molecular complexity index is 689. The lowest BCUT2D eigenvalue weighted by molar-refractivity contribution is 0.0384. The molecule has 2 fully saturated rings. The number of rotatable bonds is 7. The van der Waals surface area contributed by atoms with E-state index in [0.717, 1.165) is 32.6 Å². The van der Waals surface area contributed by atoms with Crippen LogP contribution in [0.2, 0.25) is 0 Å². The number of hydrogen-bond donors (Lipinski definition) is 1. The number of piperazine rings is 1.